The summed E-state index contributed by atoms with van der Waals surface area (Å²) in [5, 5.41) is 0. The third-order valence-electron chi connectivity index (χ3n) is 3.02. The van der Waals surface area contributed by atoms with E-state index in [1.807, 2.05) is 6.92 Å². The molecule has 0 aliphatic heterocycles. The summed E-state index contributed by atoms with van der Waals surface area (Å²) in [4.78, 5) is 0. The van der Waals surface area contributed by atoms with Crippen molar-refractivity contribution in [2.24, 2.45) is 5.73 Å². The van der Waals surface area contributed by atoms with Gasteiger partial charge in [0, 0.05) is 6.04 Å². The van der Waals surface area contributed by atoms with Crippen LogP contribution in [0.5, 0.6) is 5.75 Å². The van der Waals surface area contributed by atoms with Gasteiger partial charge >= 0.3 is 0 Å². The van der Waals surface area contributed by atoms with Crippen LogP contribution in [0.2, 0.25) is 0 Å². The van der Waals surface area contributed by atoms with Crippen molar-refractivity contribution in [2.75, 3.05) is 6.61 Å². The van der Waals surface area contributed by atoms with Crippen molar-refractivity contribution >= 4 is 0 Å². The predicted molar refractivity (Wildman–Crippen MR) is 73.5 cm³/mol. The SMILES string of the molecule is CCCOc1ccc(F)cc1C(C)CCC(C)N. The van der Waals surface area contributed by atoms with Gasteiger partial charge in [0.1, 0.15) is 11.6 Å². The summed E-state index contributed by atoms with van der Waals surface area (Å²) in [5.74, 6) is 0.857. The highest BCUT2D eigenvalue weighted by atomic mass is 19.1. The molecule has 1 aromatic rings. The van der Waals surface area contributed by atoms with E-state index in [9.17, 15) is 4.39 Å². The Labute approximate surface area is 109 Å². The van der Waals surface area contributed by atoms with E-state index in [0.29, 0.717) is 6.61 Å². The van der Waals surface area contributed by atoms with Gasteiger partial charge in [0.25, 0.3) is 0 Å². The molecule has 18 heavy (non-hydrogen) atoms. The largest absolute Gasteiger partial charge is 0.493 e. The van der Waals surface area contributed by atoms with Crippen LogP contribution in [0.25, 0.3) is 0 Å². The molecule has 102 valence electrons. The van der Waals surface area contributed by atoms with Crippen LogP contribution in [-0.4, -0.2) is 12.6 Å². The highest BCUT2D eigenvalue weighted by Crippen LogP contribution is 2.30. The quantitative estimate of drug-likeness (QED) is 0.801. The monoisotopic (exact) mass is 253 g/mol. The van der Waals surface area contributed by atoms with E-state index in [2.05, 4.69) is 13.8 Å². The highest BCUT2D eigenvalue weighted by Gasteiger charge is 2.13. The fourth-order valence-electron chi connectivity index (χ4n) is 1.92. The van der Waals surface area contributed by atoms with Gasteiger partial charge in [-0.1, -0.05) is 13.8 Å². The lowest BCUT2D eigenvalue weighted by Crippen LogP contribution is -2.15. The van der Waals surface area contributed by atoms with E-state index in [-0.39, 0.29) is 17.8 Å². The van der Waals surface area contributed by atoms with E-state index in [0.717, 1.165) is 30.6 Å². The first-order chi connectivity index (χ1) is 8.54. The maximum absolute atomic E-state index is 13.3. The van der Waals surface area contributed by atoms with Crippen LogP contribution in [0.4, 0.5) is 4.39 Å². The fraction of sp³-hybridized carbons (Fsp3) is 0.600. The molecule has 2 N–H and O–H groups in total. The molecule has 1 aromatic carbocycles. The Morgan fingerprint density at radius 2 is 2.00 bits per heavy atom. The number of ether oxygens (including phenoxy) is 1. The Hall–Kier alpha value is -1.09. The lowest BCUT2D eigenvalue weighted by atomic mass is 9.94. The molecule has 0 fully saturated rings. The second-order valence-electron chi connectivity index (χ2n) is 4.99. The molecular formula is C15H24FNO. The van der Waals surface area contributed by atoms with Crippen molar-refractivity contribution in [1.82, 2.24) is 0 Å². The molecule has 2 nitrogen and oxygen atoms in total. The first kappa shape index (κ1) is 15.0. The molecule has 0 aliphatic carbocycles. The van der Waals surface area contributed by atoms with Gasteiger partial charge in [-0.05, 0) is 55.9 Å². The van der Waals surface area contributed by atoms with Gasteiger partial charge in [-0.2, -0.15) is 0 Å². The van der Waals surface area contributed by atoms with Crippen LogP contribution < -0.4 is 10.5 Å². The standard InChI is InChI=1S/C15H24FNO/c1-4-9-18-15-8-7-13(16)10-14(15)11(2)5-6-12(3)17/h7-8,10-12H,4-6,9,17H2,1-3H3. The molecule has 0 aromatic heterocycles. The molecule has 0 radical (unpaired) electrons. The van der Waals surface area contributed by atoms with E-state index in [1.54, 1.807) is 12.1 Å². The Bertz CT molecular complexity index is 366. The van der Waals surface area contributed by atoms with Crippen molar-refractivity contribution < 1.29 is 9.13 Å². The molecule has 2 unspecified atom stereocenters. The number of nitrogens with two attached hydrogens (primary N) is 1. The summed E-state index contributed by atoms with van der Waals surface area (Å²) >= 11 is 0. The second-order valence-corrected chi connectivity index (χ2v) is 4.99. The number of hydrogen-bond acceptors (Lipinski definition) is 2. The molecule has 1 rings (SSSR count). The van der Waals surface area contributed by atoms with Crippen molar-refractivity contribution in [1.29, 1.82) is 0 Å². The van der Waals surface area contributed by atoms with Gasteiger partial charge in [0.2, 0.25) is 0 Å². The molecular weight excluding hydrogens is 229 g/mol. The van der Waals surface area contributed by atoms with E-state index >= 15 is 0 Å². The lowest BCUT2D eigenvalue weighted by molar-refractivity contribution is 0.311. The van der Waals surface area contributed by atoms with Crippen molar-refractivity contribution in [3.63, 3.8) is 0 Å². The molecule has 0 saturated heterocycles. The number of hydrogen-bond donors (Lipinski definition) is 1. The third kappa shape index (κ3) is 4.65. The first-order valence-corrected chi connectivity index (χ1v) is 6.72. The first-order valence-electron chi connectivity index (χ1n) is 6.72. The van der Waals surface area contributed by atoms with Crippen LogP contribution in [0.15, 0.2) is 18.2 Å². The maximum Gasteiger partial charge on any atom is 0.123 e. The van der Waals surface area contributed by atoms with Crippen LogP contribution in [-0.2, 0) is 0 Å². The second kappa shape index (κ2) is 7.37. The molecule has 0 aliphatic rings. The Kier molecular flexibility index (Phi) is 6.13. The minimum Gasteiger partial charge on any atom is -0.493 e. The summed E-state index contributed by atoms with van der Waals surface area (Å²) in [6.07, 6.45) is 2.83. The zero-order valence-electron chi connectivity index (χ0n) is 11.6. The van der Waals surface area contributed by atoms with Crippen LogP contribution in [0.3, 0.4) is 0 Å². The Balaban J connectivity index is 2.79. The predicted octanol–water partition coefficient (Wildman–Crippen LogP) is 3.85. The molecule has 0 amide bonds. The van der Waals surface area contributed by atoms with Gasteiger partial charge in [-0.3, -0.25) is 0 Å². The summed E-state index contributed by atoms with van der Waals surface area (Å²) in [6, 6.07) is 4.94. The molecule has 3 heteroatoms. The zero-order valence-corrected chi connectivity index (χ0v) is 11.6. The van der Waals surface area contributed by atoms with Gasteiger partial charge in [0.15, 0.2) is 0 Å². The van der Waals surface area contributed by atoms with Gasteiger partial charge in [0.05, 0.1) is 6.61 Å². The van der Waals surface area contributed by atoms with Gasteiger partial charge in [-0.25, -0.2) is 4.39 Å². The van der Waals surface area contributed by atoms with Crippen molar-refractivity contribution in [2.45, 2.75) is 52.0 Å². The summed E-state index contributed by atoms with van der Waals surface area (Å²) < 4.78 is 19.0. The van der Waals surface area contributed by atoms with Crippen LogP contribution >= 0.6 is 0 Å². The highest BCUT2D eigenvalue weighted by molar-refractivity contribution is 5.36. The van der Waals surface area contributed by atoms with Crippen LogP contribution in [0.1, 0.15) is 51.5 Å². The van der Waals surface area contributed by atoms with Crippen molar-refractivity contribution in [3.8, 4) is 5.75 Å². The van der Waals surface area contributed by atoms with E-state index in [4.69, 9.17) is 10.5 Å². The minimum atomic E-state index is -0.207. The molecule has 0 saturated carbocycles. The topological polar surface area (TPSA) is 35.2 Å². The van der Waals surface area contributed by atoms with E-state index in [1.165, 1.54) is 6.07 Å². The number of rotatable bonds is 7. The van der Waals surface area contributed by atoms with Crippen LogP contribution in [0, 0.1) is 5.82 Å². The maximum atomic E-state index is 13.3. The average Bonchev–Trinajstić information content (AvgIpc) is 2.34. The smallest absolute Gasteiger partial charge is 0.123 e. The number of benzene rings is 1. The molecule has 0 heterocycles. The minimum absolute atomic E-state index is 0.181. The van der Waals surface area contributed by atoms with E-state index < -0.39 is 0 Å². The molecule has 0 bridgehead atoms. The average molecular weight is 253 g/mol. The normalized spacial score (nSPS) is 14.3. The van der Waals surface area contributed by atoms with Gasteiger partial charge in [-0.15, -0.1) is 0 Å². The van der Waals surface area contributed by atoms with Gasteiger partial charge < -0.3 is 10.5 Å². The summed E-state index contributed by atoms with van der Waals surface area (Å²) in [6.45, 7) is 6.81. The third-order valence-corrected chi connectivity index (χ3v) is 3.02. The molecule has 0 spiro atoms. The summed E-state index contributed by atoms with van der Waals surface area (Å²) in [7, 11) is 0. The Morgan fingerprint density at radius 3 is 2.61 bits per heavy atom. The zero-order chi connectivity index (χ0) is 13.5. The molecule has 2 atom stereocenters. The van der Waals surface area contributed by atoms with Crippen molar-refractivity contribution in [3.05, 3.63) is 29.6 Å². The lowest BCUT2D eigenvalue weighted by Gasteiger charge is -2.18. The number of halogens is 1. The summed E-state index contributed by atoms with van der Waals surface area (Å²) in [5.41, 5.74) is 6.71. The fourth-order valence-corrected chi connectivity index (χ4v) is 1.92. The Morgan fingerprint density at radius 1 is 1.28 bits per heavy atom.